The van der Waals surface area contributed by atoms with Crippen LogP contribution in [0.4, 0.5) is 6.01 Å². The molecular weight excluding hydrogens is 364 g/mol. The molecule has 1 saturated heterocycles. The van der Waals surface area contributed by atoms with Crippen molar-refractivity contribution in [3.8, 4) is 17.1 Å². The van der Waals surface area contributed by atoms with Gasteiger partial charge in [-0.05, 0) is 74.2 Å². The molecule has 0 spiro atoms. The normalized spacial score (nSPS) is 15.4. The fourth-order valence-electron chi connectivity index (χ4n) is 3.76. The topological polar surface area (TPSA) is 63.4 Å². The van der Waals surface area contributed by atoms with E-state index in [0.29, 0.717) is 17.8 Å². The van der Waals surface area contributed by atoms with Gasteiger partial charge in [0.05, 0.1) is 7.11 Å². The standard InChI is InChI=1S/C23H28N4O2/c1-17-5-3-4-6-20(17)16-27-13-11-18(12-14-27)15-24-23-25-22(26-29-23)19-7-9-21(28-2)10-8-19/h3-10,18H,11-16H2,1-2H3,(H,24,25,26). The van der Waals surface area contributed by atoms with E-state index in [4.69, 9.17) is 9.26 Å². The van der Waals surface area contributed by atoms with Gasteiger partial charge in [-0.1, -0.05) is 29.4 Å². The van der Waals surface area contributed by atoms with Gasteiger partial charge in [0.2, 0.25) is 5.82 Å². The van der Waals surface area contributed by atoms with Gasteiger partial charge < -0.3 is 14.6 Å². The Hall–Kier alpha value is -2.86. The third kappa shape index (κ3) is 4.95. The molecular formula is C23H28N4O2. The summed E-state index contributed by atoms with van der Waals surface area (Å²) in [5.41, 5.74) is 3.72. The summed E-state index contributed by atoms with van der Waals surface area (Å²) in [5, 5.41) is 7.39. The zero-order valence-corrected chi connectivity index (χ0v) is 17.1. The summed E-state index contributed by atoms with van der Waals surface area (Å²) in [6, 6.07) is 16.8. The smallest absolute Gasteiger partial charge is 0.321 e. The minimum Gasteiger partial charge on any atom is -0.497 e. The number of likely N-dealkylation sites (tertiary alicyclic amines) is 1. The lowest BCUT2D eigenvalue weighted by Gasteiger charge is -2.32. The average molecular weight is 393 g/mol. The number of aromatic nitrogens is 2. The van der Waals surface area contributed by atoms with Crippen LogP contribution in [0, 0.1) is 12.8 Å². The third-order valence-electron chi connectivity index (χ3n) is 5.68. The second kappa shape index (κ2) is 9.09. The summed E-state index contributed by atoms with van der Waals surface area (Å²) in [7, 11) is 1.65. The van der Waals surface area contributed by atoms with Crippen molar-refractivity contribution in [2.45, 2.75) is 26.3 Å². The lowest BCUT2D eigenvalue weighted by molar-refractivity contribution is 0.181. The number of benzene rings is 2. The van der Waals surface area contributed by atoms with Gasteiger partial charge in [0.25, 0.3) is 0 Å². The van der Waals surface area contributed by atoms with E-state index in [1.807, 2.05) is 24.3 Å². The molecule has 29 heavy (non-hydrogen) atoms. The Morgan fingerprint density at radius 1 is 1.10 bits per heavy atom. The minimum atomic E-state index is 0.484. The van der Waals surface area contributed by atoms with E-state index in [0.717, 1.165) is 37.5 Å². The number of anilines is 1. The highest BCUT2D eigenvalue weighted by molar-refractivity contribution is 5.56. The van der Waals surface area contributed by atoms with Gasteiger partial charge in [-0.25, -0.2) is 0 Å². The van der Waals surface area contributed by atoms with Gasteiger partial charge in [-0.2, -0.15) is 4.98 Å². The molecule has 0 atom stereocenters. The molecule has 0 radical (unpaired) electrons. The fraction of sp³-hybridized carbons (Fsp3) is 0.391. The first-order valence-electron chi connectivity index (χ1n) is 10.2. The van der Waals surface area contributed by atoms with Crippen molar-refractivity contribution < 1.29 is 9.26 Å². The van der Waals surface area contributed by atoms with E-state index in [1.165, 1.54) is 24.0 Å². The average Bonchev–Trinajstić information content (AvgIpc) is 3.24. The van der Waals surface area contributed by atoms with E-state index in [-0.39, 0.29) is 0 Å². The van der Waals surface area contributed by atoms with Crippen LogP contribution < -0.4 is 10.1 Å². The molecule has 2 heterocycles. The molecule has 0 bridgehead atoms. The number of rotatable bonds is 7. The van der Waals surface area contributed by atoms with Gasteiger partial charge in [0, 0.05) is 18.7 Å². The van der Waals surface area contributed by atoms with Crippen LogP contribution in [0.15, 0.2) is 53.1 Å². The lowest BCUT2D eigenvalue weighted by atomic mass is 9.96. The van der Waals surface area contributed by atoms with Crippen molar-refractivity contribution >= 4 is 6.01 Å². The Bertz CT molecular complexity index is 915. The number of hydrogen-bond acceptors (Lipinski definition) is 6. The van der Waals surface area contributed by atoms with Crippen LogP contribution in [0.3, 0.4) is 0 Å². The number of aryl methyl sites for hydroxylation is 1. The van der Waals surface area contributed by atoms with E-state index in [9.17, 15) is 0 Å². The largest absolute Gasteiger partial charge is 0.497 e. The summed E-state index contributed by atoms with van der Waals surface area (Å²) in [6.07, 6.45) is 2.36. The number of piperidine rings is 1. The zero-order valence-electron chi connectivity index (χ0n) is 17.1. The molecule has 1 aliphatic rings. The van der Waals surface area contributed by atoms with Gasteiger partial charge >= 0.3 is 6.01 Å². The lowest BCUT2D eigenvalue weighted by Crippen LogP contribution is -2.35. The molecule has 1 N–H and O–H groups in total. The quantitative estimate of drug-likeness (QED) is 0.644. The summed E-state index contributed by atoms with van der Waals surface area (Å²) in [5.74, 6) is 2.02. The maximum Gasteiger partial charge on any atom is 0.321 e. The van der Waals surface area contributed by atoms with Gasteiger partial charge in [-0.15, -0.1) is 0 Å². The molecule has 1 fully saturated rings. The molecule has 6 nitrogen and oxygen atoms in total. The van der Waals surface area contributed by atoms with Gasteiger partial charge in [0.15, 0.2) is 0 Å². The Balaban J connectivity index is 1.24. The molecule has 3 aromatic rings. The molecule has 1 aromatic heterocycles. The number of ether oxygens (including phenoxy) is 1. The van der Waals surface area contributed by atoms with E-state index < -0.39 is 0 Å². The van der Waals surface area contributed by atoms with Crippen LogP contribution in [0.25, 0.3) is 11.4 Å². The Morgan fingerprint density at radius 2 is 1.86 bits per heavy atom. The highest BCUT2D eigenvalue weighted by Crippen LogP contribution is 2.23. The monoisotopic (exact) mass is 392 g/mol. The molecule has 0 amide bonds. The number of nitrogens with zero attached hydrogens (tertiary/aromatic N) is 3. The Labute approximate surface area is 171 Å². The molecule has 0 saturated carbocycles. The molecule has 0 unspecified atom stereocenters. The van der Waals surface area contributed by atoms with Crippen LogP contribution >= 0.6 is 0 Å². The van der Waals surface area contributed by atoms with Crippen molar-refractivity contribution in [2.75, 3.05) is 32.1 Å². The third-order valence-corrected chi connectivity index (χ3v) is 5.68. The fourth-order valence-corrected chi connectivity index (χ4v) is 3.76. The van der Waals surface area contributed by atoms with Gasteiger partial charge in [0.1, 0.15) is 5.75 Å². The van der Waals surface area contributed by atoms with Crippen LogP contribution in [-0.4, -0.2) is 41.8 Å². The molecule has 1 aliphatic heterocycles. The van der Waals surface area contributed by atoms with Crippen LogP contribution in [-0.2, 0) is 6.54 Å². The maximum atomic E-state index is 5.37. The van der Waals surface area contributed by atoms with E-state index >= 15 is 0 Å². The zero-order chi connectivity index (χ0) is 20.1. The maximum absolute atomic E-state index is 5.37. The van der Waals surface area contributed by atoms with Crippen molar-refractivity contribution in [2.24, 2.45) is 5.92 Å². The van der Waals surface area contributed by atoms with E-state index in [2.05, 4.69) is 51.5 Å². The summed E-state index contributed by atoms with van der Waals surface area (Å²) in [4.78, 5) is 7.01. The number of methoxy groups -OCH3 is 1. The first-order chi connectivity index (χ1) is 14.2. The van der Waals surface area contributed by atoms with E-state index in [1.54, 1.807) is 7.11 Å². The Kier molecular flexibility index (Phi) is 6.10. The predicted molar refractivity (Wildman–Crippen MR) is 114 cm³/mol. The highest BCUT2D eigenvalue weighted by Gasteiger charge is 2.20. The van der Waals surface area contributed by atoms with Crippen LogP contribution in [0.5, 0.6) is 5.75 Å². The summed E-state index contributed by atoms with van der Waals surface area (Å²) in [6.45, 7) is 6.35. The summed E-state index contributed by atoms with van der Waals surface area (Å²) >= 11 is 0. The molecule has 4 rings (SSSR count). The highest BCUT2D eigenvalue weighted by atomic mass is 16.5. The molecule has 2 aromatic carbocycles. The minimum absolute atomic E-state index is 0.484. The molecule has 0 aliphatic carbocycles. The van der Waals surface area contributed by atoms with Crippen molar-refractivity contribution in [1.29, 1.82) is 0 Å². The van der Waals surface area contributed by atoms with Gasteiger partial charge in [-0.3, -0.25) is 4.90 Å². The Morgan fingerprint density at radius 3 is 2.59 bits per heavy atom. The van der Waals surface area contributed by atoms with Crippen LogP contribution in [0.2, 0.25) is 0 Å². The number of nitrogens with one attached hydrogen (secondary N) is 1. The predicted octanol–water partition coefficient (Wildman–Crippen LogP) is 4.38. The van der Waals surface area contributed by atoms with Crippen LogP contribution in [0.1, 0.15) is 24.0 Å². The SMILES string of the molecule is COc1ccc(-c2noc(NCC3CCN(Cc4ccccc4C)CC3)n2)cc1. The molecule has 6 heteroatoms. The first-order valence-corrected chi connectivity index (χ1v) is 10.2. The second-order valence-electron chi connectivity index (χ2n) is 7.68. The second-order valence-corrected chi connectivity index (χ2v) is 7.68. The first kappa shape index (κ1) is 19.5. The molecule has 152 valence electrons. The number of hydrogen-bond donors (Lipinski definition) is 1. The summed E-state index contributed by atoms with van der Waals surface area (Å²) < 4.78 is 10.5. The van der Waals surface area contributed by atoms with Crippen molar-refractivity contribution in [1.82, 2.24) is 15.0 Å². The van der Waals surface area contributed by atoms with Crippen molar-refractivity contribution in [3.05, 3.63) is 59.7 Å². The van der Waals surface area contributed by atoms with Crippen molar-refractivity contribution in [3.63, 3.8) is 0 Å².